The van der Waals surface area contributed by atoms with Crippen LogP contribution >= 0.6 is 0 Å². The molecule has 0 spiro atoms. The molecule has 0 N–H and O–H groups in total. The lowest BCUT2D eigenvalue weighted by molar-refractivity contribution is 0.0945. The van der Waals surface area contributed by atoms with Crippen molar-refractivity contribution in [1.29, 1.82) is 5.26 Å². The van der Waals surface area contributed by atoms with Gasteiger partial charge in [-0.1, -0.05) is 32.1 Å². The smallest absolute Gasteiger partial charge is 0.181 e. The molecule has 7 heteroatoms. The lowest BCUT2D eigenvalue weighted by Gasteiger charge is -2.20. The molecule has 0 amide bonds. The van der Waals surface area contributed by atoms with E-state index in [4.69, 9.17) is 4.98 Å². The molecule has 0 radical (unpaired) electrons. The van der Waals surface area contributed by atoms with Crippen LogP contribution in [0.3, 0.4) is 0 Å². The summed E-state index contributed by atoms with van der Waals surface area (Å²) in [5.41, 5.74) is 2.04. The number of carbonyl (C=O) groups excluding carboxylic acids is 1. The third kappa shape index (κ3) is 3.74. The highest BCUT2D eigenvalue weighted by molar-refractivity contribution is 5.95. The van der Waals surface area contributed by atoms with Gasteiger partial charge in [-0.3, -0.25) is 13.9 Å². The van der Waals surface area contributed by atoms with Gasteiger partial charge in [0.2, 0.25) is 0 Å². The Labute approximate surface area is 175 Å². The number of ketones is 1. The minimum Gasteiger partial charge on any atom is -0.292 e. The Kier molecular flexibility index (Phi) is 5.07. The Balaban J connectivity index is 1.46. The van der Waals surface area contributed by atoms with E-state index in [9.17, 15) is 10.1 Å². The van der Waals surface area contributed by atoms with Crippen LogP contribution in [0, 0.1) is 23.2 Å². The number of Topliss-reactive ketones (excluding diaryl/α,β-unsaturated/α-hetero) is 1. The van der Waals surface area contributed by atoms with Gasteiger partial charge < -0.3 is 0 Å². The molecule has 3 aromatic heterocycles. The second-order valence-electron chi connectivity index (χ2n) is 8.73. The predicted octanol–water partition coefficient (Wildman–Crippen LogP) is 4.61. The maximum atomic E-state index is 13.0. The molecule has 1 unspecified atom stereocenters. The van der Waals surface area contributed by atoms with Crippen molar-refractivity contribution in [2.45, 2.75) is 63.8 Å². The molecule has 5 rings (SSSR count). The summed E-state index contributed by atoms with van der Waals surface area (Å²) in [5, 5.41) is 13.7. The van der Waals surface area contributed by atoms with E-state index in [1.54, 1.807) is 18.5 Å². The van der Waals surface area contributed by atoms with Crippen molar-refractivity contribution in [3.05, 3.63) is 36.5 Å². The zero-order valence-electron chi connectivity index (χ0n) is 17.1. The molecule has 7 nitrogen and oxygen atoms in total. The van der Waals surface area contributed by atoms with Crippen molar-refractivity contribution in [3.63, 3.8) is 0 Å². The van der Waals surface area contributed by atoms with Gasteiger partial charge in [0.05, 0.1) is 30.3 Å². The van der Waals surface area contributed by atoms with E-state index in [1.807, 2.05) is 21.5 Å². The Bertz CT molecular complexity index is 1100. The predicted molar refractivity (Wildman–Crippen MR) is 112 cm³/mol. The molecule has 2 fully saturated rings. The van der Waals surface area contributed by atoms with Gasteiger partial charge >= 0.3 is 0 Å². The molecule has 3 aromatic rings. The van der Waals surface area contributed by atoms with Gasteiger partial charge in [0.25, 0.3) is 0 Å². The molecule has 0 aromatic carbocycles. The third-order valence-electron chi connectivity index (χ3n) is 6.54. The van der Waals surface area contributed by atoms with Crippen LogP contribution in [0.1, 0.15) is 74.3 Å². The maximum Gasteiger partial charge on any atom is 0.181 e. The SMILES string of the molecule is N#CCC(C1CC1)n1cc(-c2nc(C(=O)CC3CCCCC3)cc3nccn23)cn1. The Hall–Kier alpha value is -3.01. The summed E-state index contributed by atoms with van der Waals surface area (Å²) in [6, 6.07) is 4.19. The van der Waals surface area contributed by atoms with Gasteiger partial charge in [0.1, 0.15) is 17.2 Å². The van der Waals surface area contributed by atoms with Gasteiger partial charge in [0.15, 0.2) is 5.78 Å². The number of aromatic nitrogens is 5. The summed E-state index contributed by atoms with van der Waals surface area (Å²) >= 11 is 0. The molecular formula is C23H26N6O. The standard InChI is InChI=1S/C23H26N6O/c24-9-8-20(17-6-7-17)29-15-18(14-26-29)23-27-19(13-22-25-10-11-28(22)23)21(30)12-16-4-2-1-3-5-16/h10-11,13-17,20H,1-8,12H2. The molecule has 0 bridgehead atoms. The lowest BCUT2D eigenvalue weighted by Crippen LogP contribution is -2.14. The second kappa shape index (κ2) is 8.02. The molecule has 154 valence electrons. The van der Waals surface area contributed by atoms with Crippen LogP contribution in [-0.4, -0.2) is 29.9 Å². The minimum atomic E-state index is 0.0985. The van der Waals surface area contributed by atoms with Gasteiger partial charge in [-0.2, -0.15) is 10.4 Å². The van der Waals surface area contributed by atoms with Crippen LogP contribution in [0.5, 0.6) is 0 Å². The van der Waals surface area contributed by atoms with E-state index in [2.05, 4.69) is 16.2 Å². The normalized spacial score (nSPS) is 18.4. The number of carbonyl (C=O) groups is 1. The summed E-state index contributed by atoms with van der Waals surface area (Å²) in [7, 11) is 0. The number of nitriles is 1. The lowest BCUT2D eigenvalue weighted by atomic mass is 9.85. The van der Waals surface area contributed by atoms with Crippen molar-refractivity contribution in [2.75, 3.05) is 0 Å². The monoisotopic (exact) mass is 402 g/mol. The van der Waals surface area contributed by atoms with Crippen LogP contribution in [0.25, 0.3) is 17.0 Å². The average molecular weight is 403 g/mol. The van der Waals surface area contributed by atoms with Gasteiger partial charge in [-0.15, -0.1) is 0 Å². The molecule has 30 heavy (non-hydrogen) atoms. The van der Waals surface area contributed by atoms with Gasteiger partial charge in [-0.25, -0.2) is 9.97 Å². The number of hydrogen-bond donors (Lipinski definition) is 0. The zero-order valence-corrected chi connectivity index (χ0v) is 17.1. The van der Waals surface area contributed by atoms with E-state index in [-0.39, 0.29) is 11.8 Å². The summed E-state index contributed by atoms with van der Waals surface area (Å²) in [6.07, 6.45) is 16.6. The van der Waals surface area contributed by atoms with Gasteiger partial charge in [-0.05, 0) is 24.7 Å². The first-order chi connectivity index (χ1) is 14.7. The molecule has 3 heterocycles. The Morgan fingerprint density at radius 1 is 1.23 bits per heavy atom. The fourth-order valence-electron chi connectivity index (χ4n) is 4.71. The first-order valence-corrected chi connectivity index (χ1v) is 11.0. The molecular weight excluding hydrogens is 376 g/mol. The topological polar surface area (TPSA) is 88.9 Å². The number of fused-ring (bicyclic) bond motifs is 1. The largest absolute Gasteiger partial charge is 0.292 e. The molecule has 0 aliphatic heterocycles. The quantitative estimate of drug-likeness (QED) is 0.538. The van der Waals surface area contributed by atoms with E-state index in [0.29, 0.717) is 36.2 Å². The maximum absolute atomic E-state index is 13.0. The summed E-state index contributed by atoms with van der Waals surface area (Å²) in [6.45, 7) is 0. The van der Waals surface area contributed by atoms with E-state index in [1.165, 1.54) is 19.3 Å². The number of rotatable bonds is 7. The highest BCUT2D eigenvalue weighted by Gasteiger charge is 2.33. The first kappa shape index (κ1) is 19.0. The van der Waals surface area contributed by atoms with Crippen molar-refractivity contribution in [1.82, 2.24) is 24.1 Å². The van der Waals surface area contributed by atoms with Crippen LogP contribution in [0.2, 0.25) is 0 Å². The molecule has 0 saturated heterocycles. The summed E-state index contributed by atoms with van der Waals surface area (Å²) in [5.74, 6) is 1.78. The third-order valence-corrected chi connectivity index (χ3v) is 6.54. The van der Waals surface area contributed by atoms with Crippen LogP contribution < -0.4 is 0 Å². The van der Waals surface area contributed by atoms with E-state index < -0.39 is 0 Å². The number of nitrogens with zero attached hydrogens (tertiary/aromatic N) is 6. The van der Waals surface area contributed by atoms with Gasteiger partial charge in [0, 0.05) is 31.1 Å². The highest BCUT2D eigenvalue weighted by Crippen LogP contribution is 2.41. The van der Waals surface area contributed by atoms with E-state index >= 15 is 0 Å². The Morgan fingerprint density at radius 3 is 2.83 bits per heavy atom. The minimum absolute atomic E-state index is 0.0985. The number of hydrogen-bond acceptors (Lipinski definition) is 5. The van der Waals surface area contributed by atoms with Crippen molar-refractivity contribution in [2.24, 2.45) is 11.8 Å². The fraction of sp³-hybridized carbons (Fsp3) is 0.522. The summed E-state index contributed by atoms with van der Waals surface area (Å²) in [4.78, 5) is 22.1. The molecule has 2 saturated carbocycles. The molecule has 2 aliphatic rings. The second-order valence-corrected chi connectivity index (χ2v) is 8.73. The van der Waals surface area contributed by atoms with Crippen LogP contribution in [0.4, 0.5) is 0 Å². The molecule has 1 atom stereocenters. The highest BCUT2D eigenvalue weighted by atomic mass is 16.1. The van der Waals surface area contributed by atoms with E-state index in [0.717, 1.165) is 36.9 Å². The zero-order chi connectivity index (χ0) is 20.5. The van der Waals surface area contributed by atoms with Crippen molar-refractivity contribution < 1.29 is 4.79 Å². The number of imidazole rings is 1. The van der Waals surface area contributed by atoms with Crippen molar-refractivity contribution >= 4 is 11.4 Å². The van der Waals surface area contributed by atoms with Crippen LogP contribution in [0.15, 0.2) is 30.9 Å². The first-order valence-electron chi connectivity index (χ1n) is 11.0. The Morgan fingerprint density at radius 2 is 2.07 bits per heavy atom. The van der Waals surface area contributed by atoms with Crippen LogP contribution in [-0.2, 0) is 0 Å². The average Bonchev–Trinajstić information content (AvgIpc) is 3.29. The fourth-order valence-corrected chi connectivity index (χ4v) is 4.71. The van der Waals surface area contributed by atoms with Crippen molar-refractivity contribution in [3.8, 4) is 17.5 Å². The summed E-state index contributed by atoms with van der Waals surface area (Å²) < 4.78 is 3.80. The molecule has 2 aliphatic carbocycles.